The van der Waals surface area contributed by atoms with Crippen LogP contribution in [-0.2, 0) is 4.74 Å². The van der Waals surface area contributed by atoms with Crippen molar-refractivity contribution in [1.29, 1.82) is 0 Å². The van der Waals surface area contributed by atoms with Crippen molar-refractivity contribution in [2.45, 2.75) is 18.4 Å². The largest absolute Gasteiger partial charge is 0.381 e. The van der Waals surface area contributed by atoms with E-state index in [2.05, 4.69) is 14.9 Å². The zero-order valence-corrected chi connectivity index (χ0v) is 8.23. The highest BCUT2D eigenvalue weighted by atomic mass is 16.5. The second-order valence-corrected chi connectivity index (χ2v) is 3.62. The van der Waals surface area contributed by atoms with Crippen LogP contribution in [-0.4, -0.2) is 44.3 Å². The summed E-state index contributed by atoms with van der Waals surface area (Å²) in [4.78, 5) is 4.96. The van der Waals surface area contributed by atoms with E-state index in [1.165, 1.54) is 0 Å². The number of azide groups is 1. The zero-order chi connectivity index (χ0) is 9.73. The van der Waals surface area contributed by atoms with Crippen molar-refractivity contribution in [1.82, 2.24) is 4.90 Å². The van der Waals surface area contributed by atoms with Gasteiger partial charge < -0.3 is 9.64 Å². The third-order valence-corrected chi connectivity index (χ3v) is 2.80. The lowest BCUT2D eigenvalue weighted by molar-refractivity contribution is -0.00268. The van der Waals surface area contributed by atoms with Crippen LogP contribution in [0.25, 0.3) is 10.4 Å². The van der Waals surface area contributed by atoms with Crippen LogP contribution in [0.4, 0.5) is 0 Å². The minimum absolute atomic E-state index is 0.0183. The molecule has 1 aliphatic rings. The number of likely N-dealkylation sites (N-methyl/N-ethyl adjacent to an activating group) is 1. The fourth-order valence-corrected chi connectivity index (χ4v) is 1.66. The smallest absolute Gasteiger partial charge is 0.0483 e. The quantitative estimate of drug-likeness (QED) is 0.378. The van der Waals surface area contributed by atoms with E-state index in [0.29, 0.717) is 6.54 Å². The Bertz CT molecular complexity index is 204. The number of hydrogen-bond acceptors (Lipinski definition) is 3. The molecule has 0 atom stereocenters. The number of nitrogens with zero attached hydrogens (tertiary/aromatic N) is 4. The predicted molar refractivity (Wildman–Crippen MR) is 50.5 cm³/mol. The molecule has 1 heterocycles. The van der Waals surface area contributed by atoms with Crippen LogP contribution in [0.15, 0.2) is 5.11 Å². The van der Waals surface area contributed by atoms with Crippen LogP contribution in [0.5, 0.6) is 0 Å². The Kier molecular flexibility index (Phi) is 3.54. The SMILES string of the molecule is CN(C)C1(CN=[N+]=[N-])CCOCC1. The van der Waals surface area contributed by atoms with Crippen LogP contribution in [0.2, 0.25) is 0 Å². The highest BCUT2D eigenvalue weighted by Crippen LogP contribution is 2.26. The second-order valence-electron chi connectivity index (χ2n) is 3.62. The fraction of sp³-hybridized carbons (Fsp3) is 1.00. The average Bonchev–Trinajstić information content (AvgIpc) is 2.16. The van der Waals surface area contributed by atoms with E-state index < -0.39 is 0 Å². The van der Waals surface area contributed by atoms with E-state index >= 15 is 0 Å². The highest BCUT2D eigenvalue weighted by molar-refractivity contribution is 4.92. The number of hydrogen-bond donors (Lipinski definition) is 0. The van der Waals surface area contributed by atoms with Gasteiger partial charge in [-0.25, -0.2) is 0 Å². The van der Waals surface area contributed by atoms with Gasteiger partial charge in [0.25, 0.3) is 0 Å². The summed E-state index contributed by atoms with van der Waals surface area (Å²) < 4.78 is 5.29. The molecule has 5 heteroatoms. The Morgan fingerprint density at radius 1 is 1.46 bits per heavy atom. The van der Waals surface area contributed by atoms with E-state index in [1.807, 2.05) is 14.1 Å². The van der Waals surface area contributed by atoms with Gasteiger partial charge in [0.1, 0.15) is 0 Å². The van der Waals surface area contributed by atoms with Crippen LogP contribution in [0.3, 0.4) is 0 Å². The first kappa shape index (κ1) is 10.3. The van der Waals surface area contributed by atoms with E-state index in [-0.39, 0.29) is 5.54 Å². The maximum Gasteiger partial charge on any atom is 0.0483 e. The van der Waals surface area contributed by atoms with Gasteiger partial charge in [0.2, 0.25) is 0 Å². The van der Waals surface area contributed by atoms with Gasteiger partial charge in [-0.05, 0) is 32.5 Å². The minimum atomic E-state index is 0.0183. The van der Waals surface area contributed by atoms with Gasteiger partial charge in [0.05, 0.1) is 0 Å². The molecule has 0 radical (unpaired) electrons. The zero-order valence-electron chi connectivity index (χ0n) is 8.23. The maximum atomic E-state index is 8.30. The van der Waals surface area contributed by atoms with Gasteiger partial charge in [-0.15, -0.1) is 0 Å². The third kappa shape index (κ3) is 2.34. The molecule has 0 N–H and O–H groups in total. The molecule has 0 bridgehead atoms. The minimum Gasteiger partial charge on any atom is -0.381 e. The molecular formula is C8H16N4O. The molecule has 0 aromatic rings. The maximum absolute atomic E-state index is 8.30. The van der Waals surface area contributed by atoms with E-state index in [4.69, 9.17) is 10.3 Å². The summed E-state index contributed by atoms with van der Waals surface area (Å²) in [6.45, 7) is 2.07. The van der Waals surface area contributed by atoms with Crippen LogP contribution in [0, 0.1) is 0 Å². The van der Waals surface area contributed by atoms with Crippen molar-refractivity contribution in [3.05, 3.63) is 10.4 Å². The summed E-state index contributed by atoms with van der Waals surface area (Å²) in [6, 6.07) is 0. The molecular weight excluding hydrogens is 168 g/mol. The first-order chi connectivity index (χ1) is 6.21. The molecule has 0 spiro atoms. The first-order valence-corrected chi connectivity index (χ1v) is 4.47. The molecule has 5 nitrogen and oxygen atoms in total. The van der Waals surface area contributed by atoms with Gasteiger partial charge in [-0.2, -0.15) is 0 Å². The number of ether oxygens (including phenoxy) is 1. The molecule has 1 aliphatic heterocycles. The molecule has 1 saturated heterocycles. The molecule has 0 saturated carbocycles. The molecule has 0 aromatic heterocycles. The fourth-order valence-electron chi connectivity index (χ4n) is 1.66. The Morgan fingerprint density at radius 2 is 2.08 bits per heavy atom. The highest BCUT2D eigenvalue weighted by Gasteiger charge is 2.33. The average molecular weight is 184 g/mol. The van der Waals surface area contributed by atoms with Crippen LogP contribution >= 0.6 is 0 Å². The van der Waals surface area contributed by atoms with E-state index in [1.54, 1.807) is 0 Å². The number of rotatable bonds is 3. The standard InChI is InChI=1S/C8H16N4O/c1-12(2)8(7-10-11-9)3-5-13-6-4-8/h3-7H2,1-2H3. The predicted octanol–water partition coefficient (Wildman–Crippen LogP) is 1.41. The molecule has 74 valence electrons. The van der Waals surface area contributed by atoms with Gasteiger partial charge in [0.15, 0.2) is 0 Å². The van der Waals surface area contributed by atoms with Gasteiger partial charge in [-0.1, -0.05) is 5.11 Å². The van der Waals surface area contributed by atoms with Crippen LogP contribution in [0.1, 0.15) is 12.8 Å². The monoisotopic (exact) mass is 184 g/mol. The van der Waals surface area contributed by atoms with Crippen LogP contribution < -0.4 is 0 Å². The summed E-state index contributed by atoms with van der Waals surface area (Å²) >= 11 is 0. The van der Waals surface area contributed by atoms with E-state index in [9.17, 15) is 0 Å². The first-order valence-electron chi connectivity index (χ1n) is 4.47. The molecule has 0 aliphatic carbocycles. The summed E-state index contributed by atoms with van der Waals surface area (Å²) in [5.41, 5.74) is 8.32. The Morgan fingerprint density at radius 3 is 2.54 bits per heavy atom. The molecule has 0 unspecified atom stereocenters. The summed E-state index contributed by atoms with van der Waals surface area (Å²) in [5.74, 6) is 0. The second kappa shape index (κ2) is 4.46. The van der Waals surface area contributed by atoms with Gasteiger partial charge >= 0.3 is 0 Å². The van der Waals surface area contributed by atoms with Crippen molar-refractivity contribution in [3.8, 4) is 0 Å². The summed E-state index contributed by atoms with van der Waals surface area (Å²) in [7, 11) is 4.05. The van der Waals surface area contributed by atoms with Crippen molar-refractivity contribution in [2.75, 3.05) is 33.9 Å². The molecule has 1 fully saturated rings. The molecule has 0 aromatic carbocycles. The van der Waals surface area contributed by atoms with Crippen molar-refractivity contribution >= 4 is 0 Å². The molecule has 0 amide bonds. The molecule has 1 rings (SSSR count). The third-order valence-electron chi connectivity index (χ3n) is 2.80. The topological polar surface area (TPSA) is 61.2 Å². The van der Waals surface area contributed by atoms with Crippen molar-refractivity contribution < 1.29 is 4.74 Å². The Labute approximate surface area is 78.3 Å². The summed E-state index contributed by atoms with van der Waals surface area (Å²) in [5, 5.41) is 3.67. The lowest BCUT2D eigenvalue weighted by atomic mass is 9.89. The van der Waals surface area contributed by atoms with Crippen molar-refractivity contribution in [3.63, 3.8) is 0 Å². The Hall–Kier alpha value is -0.770. The van der Waals surface area contributed by atoms with Gasteiger partial charge in [0, 0.05) is 30.2 Å². The van der Waals surface area contributed by atoms with Crippen molar-refractivity contribution in [2.24, 2.45) is 5.11 Å². The lowest BCUT2D eigenvalue weighted by Gasteiger charge is -2.41. The van der Waals surface area contributed by atoms with E-state index in [0.717, 1.165) is 26.1 Å². The van der Waals surface area contributed by atoms with Gasteiger partial charge in [-0.3, -0.25) is 0 Å². The summed E-state index contributed by atoms with van der Waals surface area (Å²) in [6.07, 6.45) is 1.89. The lowest BCUT2D eigenvalue weighted by Crippen LogP contribution is -2.50. The Balaban J connectivity index is 2.66. The normalized spacial score (nSPS) is 21.2. The molecule has 13 heavy (non-hydrogen) atoms.